The van der Waals surface area contributed by atoms with E-state index in [0.717, 1.165) is 24.0 Å². The van der Waals surface area contributed by atoms with Crippen molar-refractivity contribution in [1.82, 2.24) is 5.32 Å². The number of hydrogen-bond acceptors (Lipinski definition) is 3. The van der Waals surface area contributed by atoms with Gasteiger partial charge in [-0.25, -0.2) is 0 Å². The molecule has 1 aromatic rings. The Hall–Kier alpha value is -1.83. The van der Waals surface area contributed by atoms with E-state index >= 15 is 0 Å². The molecule has 4 heteroatoms. The van der Waals surface area contributed by atoms with Crippen LogP contribution in [0.4, 0.5) is 0 Å². The van der Waals surface area contributed by atoms with Crippen LogP contribution in [0.5, 0.6) is 0 Å². The molecule has 0 atom stereocenters. The quantitative estimate of drug-likeness (QED) is 0.796. The molecule has 2 rings (SSSR count). The summed E-state index contributed by atoms with van der Waals surface area (Å²) >= 11 is 0. The molecule has 1 aliphatic heterocycles. The number of nitrogens with one attached hydrogen (secondary N) is 1. The standard InChI is InChI=1S/C16H20N2O2/c1-12-13(5-3-9-17)4-2-6-15(12)16(19)18-14-7-10-20-11-8-14/h2,4,6,14H,7-11,17H2,1H3,(H,18,19). The molecular formula is C16H20N2O2. The first kappa shape index (κ1) is 14.6. The molecule has 0 unspecified atom stereocenters. The molecule has 1 aliphatic rings. The van der Waals surface area contributed by atoms with Gasteiger partial charge in [0, 0.05) is 30.4 Å². The second-order valence-electron chi connectivity index (χ2n) is 4.84. The third kappa shape index (κ3) is 3.60. The summed E-state index contributed by atoms with van der Waals surface area (Å²) in [4.78, 5) is 12.3. The lowest BCUT2D eigenvalue weighted by atomic mass is 10.0. The van der Waals surface area contributed by atoms with Crippen LogP contribution in [0.1, 0.15) is 34.3 Å². The van der Waals surface area contributed by atoms with Gasteiger partial charge >= 0.3 is 0 Å². The Labute approximate surface area is 119 Å². The largest absolute Gasteiger partial charge is 0.381 e. The number of nitrogens with two attached hydrogens (primary N) is 1. The SMILES string of the molecule is Cc1c(C#CCN)cccc1C(=O)NC1CCOCC1. The van der Waals surface area contributed by atoms with E-state index in [4.69, 9.17) is 10.5 Å². The van der Waals surface area contributed by atoms with Crippen LogP contribution in [0, 0.1) is 18.8 Å². The third-order valence-electron chi connectivity index (χ3n) is 3.46. The molecule has 0 saturated carbocycles. The average molecular weight is 272 g/mol. The Balaban J connectivity index is 2.13. The zero-order valence-corrected chi connectivity index (χ0v) is 11.7. The van der Waals surface area contributed by atoms with E-state index in [0.29, 0.717) is 25.3 Å². The van der Waals surface area contributed by atoms with Gasteiger partial charge < -0.3 is 15.8 Å². The maximum absolute atomic E-state index is 12.3. The van der Waals surface area contributed by atoms with Crippen molar-refractivity contribution in [2.45, 2.75) is 25.8 Å². The molecule has 0 spiro atoms. The normalized spacial score (nSPS) is 15.3. The van der Waals surface area contributed by atoms with Crippen molar-refractivity contribution in [2.24, 2.45) is 5.73 Å². The highest BCUT2D eigenvalue weighted by atomic mass is 16.5. The zero-order chi connectivity index (χ0) is 14.4. The van der Waals surface area contributed by atoms with Crippen LogP contribution in [0.3, 0.4) is 0 Å². The summed E-state index contributed by atoms with van der Waals surface area (Å²) in [6.07, 6.45) is 1.74. The second-order valence-corrected chi connectivity index (χ2v) is 4.84. The molecule has 3 N–H and O–H groups in total. The molecule has 20 heavy (non-hydrogen) atoms. The summed E-state index contributed by atoms with van der Waals surface area (Å²) in [7, 11) is 0. The predicted molar refractivity (Wildman–Crippen MR) is 78.4 cm³/mol. The fraction of sp³-hybridized carbons (Fsp3) is 0.438. The molecule has 106 valence electrons. The van der Waals surface area contributed by atoms with E-state index in [-0.39, 0.29) is 11.9 Å². The smallest absolute Gasteiger partial charge is 0.251 e. The van der Waals surface area contributed by atoms with Crippen molar-refractivity contribution in [2.75, 3.05) is 19.8 Å². The highest BCUT2D eigenvalue weighted by molar-refractivity contribution is 5.96. The molecule has 0 aliphatic carbocycles. The maximum Gasteiger partial charge on any atom is 0.251 e. The minimum absolute atomic E-state index is 0.0363. The molecule has 1 aromatic carbocycles. The molecule has 4 nitrogen and oxygen atoms in total. The minimum atomic E-state index is -0.0363. The average Bonchev–Trinajstić information content (AvgIpc) is 2.47. The summed E-state index contributed by atoms with van der Waals surface area (Å²) in [6.45, 7) is 3.66. The van der Waals surface area contributed by atoms with E-state index in [1.165, 1.54) is 0 Å². The zero-order valence-electron chi connectivity index (χ0n) is 11.7. The Morgan fingerprint density at radius 2 is 2.20 bits per heavy atom. The molecule has 1 amide bonds. The van der Waals surface area contributed by atoms with E-state index in [2.05, 4.69) is 17.2 Å². The fourth-order valence-electron chi connectivity index (χ4n) is 2.27. The molecule has 0 aromatic heterocycles. The predicted octanol–water partition coefficient (Wildman–Crippen LogP) is 1.21. The fourth-order valence-corrected chi connectivity index (χ4v) is 2.27. The van der Waals surface area contributed by atoms with Crippen molar-refractivity contribution < 1.29 is 9.53 Å². The van der Waals surface area contributed by atoms with Gasteiger partial charge in [-0.05, 0) is 37.5 Å². The topological polar surface area (TPSA) is 64.4 Å². The third-order valence-corrected chi connectivity index (χ3v) is 3.46. The maximum atomic E-state index is 12.3. The van der Waals surface area contributed by atoms with Gasteiger partial charge in [0.15, 0.2) is 0 Å². The summed E-state index contributed by atoms with van der Waals surface area (Å²) in [5.41, 5.74) is 7.82. The molecule has 1 saturated heterocycles. The summed E-state index contributed by atoms with van der Waals surface area (Å²) in [6, 6.07) is 5.79. The van der Waals surface area contributed by atoms with Gasteiger partial charge in [-0.2, -0.15) is 0 Å². The Kier molecular flexibility index (Phi) is 5.16. The highest BCUT2D eigenvalue weighted by Crippen LogP contribution is 2.14. The highest BCUT2D eigenvalue weighted by Gasteiger charge is 2.18. The van der Waals surface area contributed by atoms with Gasteiger partial charge in [0.2, 0.25) is 0 Å². The monoisotopic (exact) mass is 272 g/mol. The first-order valence-corrected chi connectivity index (χ1v) is 6.89. The lowest BCUT2D eigenvalue weighted by molar-refractivity contribution is 0.0696. The number of hydrogen-bond donors (Lipinski definition) is 2. The number of amides is 1. The summed E-state index contributed by atoms with van der Waals surface area (Å²) in [5.74, 6) is 5.78. The minimum Gasteiger partial charge on any atom is -0.381 e. The number of carbonyl (C=O) groups excluding carboxylic acids is 1. The first-order valence-electron chi connectivity index (χ1n) is 6.89. The lowest BCUT2D eigenvalue weighted by Gasteiger charge is -2.23. The van der Waals surface area contributed by atoms with Gasteiger partial charge in [0.05, 0.1) is 6.54 Å². The van der Waals surface area contributed by atoms with Gasteiger partial charge in [-0.3, -0.25) is 4.79 Å². The van der Waals surface area contributed by atoms with Crippen molar-refractivity contribution in [3.8, 4) is 11.8 Å². The number of rotatable bonds is 2. The molecule has 0 radical (unpaired) electrons. The van der Waals surface area contributed by atoms with Crippen LogP contribution in [-0.4, -0.2) is 31.7 Å². The number of carbonyl (C=O) groups is 1. The van der Waals surface area contributed by atoms with Crippen molar-refractivity contribution in [3.05, 3.63) is 34.9 Å². The summed E-state index contributed by atoms with van der Waals surface area (Å²) < 4.78 is 5.29. The van der Waals surface area contributed by atoms with Gasteiger partial charge in [0.25, 0.3) is 5.91 Å². The van der Waals surface area contributed by atoms with Gasteiger partial charge in [-0.1, -0.05) is 17.9 Å². The van der Waals surface area contributed by atoms with Gasteiger partial charge in [-0.15, -0.1) is 0 Å². The van der Waals surface area contributed by atoms with Crippen LogP contribution in [0.2, 0.25) is 0 Å². The summed E-state index contributed by atoms with van der Waals surface area (Å²) in [5, 5.41) is 3.07. The van der Waals surface area contributed by atoms with E-state index < -0.39 is 0 Å². The van der Waals surface area contributed by atoms with E-state index in [9.17, 15) is 4.79 Å². The van der Waals surface area contributed by atoms with Crippen LogP contribution < -0.4 is 11.1 Å². The van der Waals surface area contributed by atoms with E-state index in [1.807, 2.05) is 25.1 Å². The Morgan fingerprint density at radius 1 is 1.45 bits per heavy atom. The molecule has 1 heterocycles. The molecule has 1 fully saturated rings. The van der Waals surface area contributed by atoms with Crippen molar-refractivity contribution in [3.63, 3.8) is 0 Å². The van der Waals surface area contributed by atoms with Crippen molar-refractivity contribution in [1.29, 1.82) is 0 Å². The Bertz CT molecular complexity index is 537. The van der Waals surface area contributed by atoms with Crippen molar-refractivity contribution >= 4 is 5.91 Å². The van der Waals surface area contributed by atoms with Crippen LogP contribution >= 0.6 is 0 Å². The van der Waals surface area contributed by atoms with Crippen LogP contribution in [-0.2, 0) is 4.74 Å². The molecular weight excluding hydrogens is 252 g/mol. The number of ether oxygens (including phenoxy) is 1. The lowest BCUT2D eigenvalue weighted by Crippen LogP contribution is -2.39. The van der Waals surface area contributed by atoms with Gasteiger partial charge in [0.1, 0.15) is 0 Å². The van der Waals surface area contributed by atoms with Crippen LogP contribution in [0.25, 0.3) is 0 Å². The molecule has 0 bridgehead atoms. The van der Waals surface area contributed by atoms with E-state index in [1.54, 1.807) is 0 Å². The second kappa shape index (κ2) is 7.09. The number of benzene rings is 1. The van der Waals surface area contributed by atoms with Crippen LogP contribution in [0.15, 0.2) is 18.2 Å². The Morgan fingerprint density at radius 3 is 2.90 bits per heavy atom. The first-order chi connectivity index (χ1) is 9.72.